The lowest BCUT2D eigenvalue weighted by atomic mass is 9.67. The van der Waals surface area contributed by atoms with E-state index in [4.69, 9.17) is 5.73 Å². The van der Waals surface area contributed by atoms with Gasteiger partial charge in [0.2, 0.25) is 5.91 Å². The summed E-state index contributed by atoms with van der Waals surface area (Å²) >= 11 is 0. The molecule has 4 rings (SSSR count). The highest BCUT2D eigenvalue weighted by molar-refractivity contribution is 5.85. The molecule has 3 aliphatic rings. The number of likely N-dealkylation sites (tertiary alicyclic amines) is 1. The highest BCUT2D eigenvalue weighted by Gasteiger charge is 2.41. The van der Waals surface area contributed by atoms with E-state index < -0.39 is 0 Å². The van der Waals surface area contributed by atoms with E-state index in [-0.39, 0.29) is 36.8 Å². The fourth-order valence-electron chi connectivity index (χ4n) is 5.58. The van der Waals surface area contributed by atoms with E-state index in [1.165, 1.54) is 31.2 Å². The molecule has 1 saturated heterocycles. The largest absolute Gasteiger partial charge is 0.351 e. The normalized spacial score (nSPS) is 32.5. The van der Waals surface area contributed by atoms with Crippen LogP contribution in [0.5, 0.6) is 0 Å². The van der Waals surface area contributed by atoms with Gasteiger partial charge in [0.15, 0.2) is 0 Å². The average Bonchev–Trinajstić information content (AvgIpc) is 2.64. The Kier molecular flexibility index (Phi) is 9.07. The Hall–Kier alpha value is -0.810. The zero-order chi connectivity index (χ0) is 17.9. The Balaban J connectivity index is 0.00000140. The Morgan fingerprint density at radius 2 is 1.68 bits per heavy atom. The van der Waals surface area contributed by atoms with Crippen LogP contribution in [0.4, 0.5) is 0 Å². The maximum Gasteiger partial charge on any atom is 0.237 e. The van der Waals surface area contributed by atoms with Crippen LogP contribution in [0.25, 0.3) is 0 Å². The second-order valence-electron chi connectivity index (χ2n) is 8.68. The van der Waals surface area contributed by atoms with Crippen molar-refractivity contribution >= 4 is 30.7 Å². The summed E-state index contributed by atoms with van der Waals surface area (Å²) in [5, 5.41) is 3.49. The van der Waals surface area contributed by atoms with E-state index in [1.54, 1.807) is 0 Å². The first-order chi connectivity index (χ1) is 12.7. The first kappa shape index (κ1) is 23.5. The van der Waals surface area contributed by atoms with E-state index in [1.807, 2.05) is 0 Å². The Morgan fingerprint density at radius 3 is 2.36 bits per heavy atom. The minimum atomic E-state index is 0. The van der Waals surface area contributed by atoms with Crippen molar-refractivity contribution in [3.8, 4) is 0 Å². The zero-order valence-corrected chi connectivity index (χ0v) is 18.2. The van der Waals surface area contributed by atoms with Crippen LogP contribution in [0.15, 0.2) is 30.3 Å². The fraction of sp³-hybridized carbons (Fsp3) is 0.682. The standard InChI is InChI=1S/C22H33N3O.2ClH/c23-19-13-17-9-6-10-18(14-19)21(17)24-22(26)20-11-4-5-12-25(20)15-16-7-2-1-3-8-16;;/h1-3,7-8,17-21H,4-6,9-15,23H2,(H,24,26);2*1H. The molecule has 3 atom stereocenters. The summed E-state index contributed by atoms with van der Waals surface area (Å²) in [5.74, 6) is 1.44. The lowest BCUT2D eigenvalue weighted by Crippen LogP contribution is -2.58. The van der Waals surface area contributed by atoms with E-state index >= 15 is 0 Å². The Morgan fingerprint density at radius 1 is 1.00 bits per heavy atom. The van der Waals surface area contributed by atoms with Crippen LogP contribution in [-0.4, -0.2) is 35.5 Å². The first-order valence-electron chi connectivity index (χ1n) is 10.5. The Bertz CT molecular complexity index is 601. The minimum absolute atomic E-state index is 0. The Labute approximate surface area is 181 Å². The molecular weight excluding hydrogens is 393 g/mol. The number of halogens is 2. The number of hydrogen-bond acceptors (Lipinski definition) is 3. The number of rotatable bonds is 4. The number of piperidine rings is 1. The van der Waals surface area contributed by atoms with Gasteiger partial charge < -0.3 is 11.1 Å². The van der Waals surface area contributed by atoms with Gasteiger partial charge in [-0.05, 0) is 62.5 Å². The molecular formula is C22H35Cl2N3O. The molecule has 1 aliphatic heterocycles. The van der Waals surface area contributed by atoms with Gasteiger partial charge in [0.05, 0.1) is 6.04 Å². The van der Waals surface area contributed by atoms with E-state index in [0.29, 0.717) is 23.9 Å². The monoisotopic (exact) mass is 427 g/mol. The van der Waals surface area contributed by atoms with Crippen molar-refractivity contribution in [2.24, 2.45) is 17.6 Å². The second-order valence-corrected chi connectivity index (χ2v) is 8.68. The van der Waals surface area contributed by atoms with Gasteiger partial charge in [-0.15, -0.1) is 24.8 Å². The van der Waals surface area contributed by atoms with Crippen molar-refractivity contribution in [3.63, 3.8) is 0 Å². The number of fused-ring (bicyclic) bond motifs is 2. The third-order valence-corrected chi connectivity index (χ3v) is 6.83. The summed E-state index contributed by atoms with van der Waals surface area (Å²) in [7, 11) is 0. The molecule has 0 spiro atoms. The predicted octanol–water partition coefficient (Wildman–Crippen LogP) is 3.91. The van der Waals surface area contributed by atoms with Crippen molar-refractivity contribution in [1.82, 2.24) is 10.2 Å². The summed E-state index contributed by atoms with van der Waals surface area (Å²) in [6.07, 6.45) is 9.27. The summed E-state index contributed by atoms with van der Waals surface area (Å²) in [6.45, 7) is 1.90. The molecule has 3 fully saturated rings. The van der Waals surface area contributed by atoms with Crippen LogP contribution >= 0.6 is 24.8 Å². The number of nitrogens with two attached hydrogens (primary N) is 1. The number of nitrogens with one attached hydrogen (secondary N) is 1. The highest BCUT2D eigenvalue weighted by atomic mass is 35.5. The van der Waals surface area contributed by atoms with E-state index in [2.05, 4.69) is 40.5 Å². The van der Waals surface area contributed by atoms with Gasteiger partial charge in [0.1, 0.15) is 0 Å². The van der Waals surface area contributed by atoms with Gasteiger partial charge in [-0.25, -0.2) is 0 Å². The maximum atomic E-state index is 13.2. The van der Waals surface area contributed by atoms with Gasteiger partial charge in [0.25, 0.3) is 0 Å². The highest BCUT2D eigenvalue weighted by Crippen LogP contribution is 2.39. The summed E-state index contributed by atoms with van der Waals surface area (Å²) in [5.41, 5.74) is 7.55. The summed E-state index contributed by atoms with van der Waals surface area (Å²) in [4.78, 5) is 15.6. The second kappa shape index (κ2) is 10.8. The summed E-state index contributed by atoms with van der Waals surface area (Å²) < 4.78 is 0. The van der Waals surface area contributed by atoms with Crippen LogP contribution in [0.2, 0.25) is 0 Å². The number of benzene rings is 1. The fourth-order valence-corrected chi connectivity index (χ4v) is 5.58. The molecule has 3 N–H and O–H groups in total. The topological polar surface area (TPSA) is 58.4 Å². The van der Waals surface area contributed by atoms with Crippen LogP contribution in [0.1, 0.15) is 56.9 Å². The van der Waals surface area contributed by atoms with Crippen molar-refractivity contribution in [1.29, 1.82) is 0 Å². The van der Waals surface area contributed by atoms with Gasteiger partial charge in [-0.2, -0.15) is 0 Å². The zero-order valence-electron chi connectivity index (χ0n) is 16.6. The van der Waals surface area contributed by atoms with Gasteiger partial charge in [-0.1, -0.05) is 43.2 Å². The molecule has 2 aliphatic carbocycles. The smallest absolute Gasteiger partial charge is 0.237 e. The number of carbonyl (C=O) groups excluding carboxylic acids is 1. The third-order valence-electron chi connectivity index (χ3n) is 6.83. The lowest BCUT2D eigenvalue weighted by Gasteiger charge is -2.46. The molecule has 1 amide bonds. The molecule has 3 unspecified atom stereocenters. The molecule has 28 heavy (non-hydrogen) atoms. The molecule has 6 heteroatoms. The maximum absolute atomic E-state index is 13.2. The molecule has 1 aromatic rings. The SMILES string of the molecule is Cl.Cl.NC1CC2CCCC(C1)C2NC(=O)C1CCCCN1Cc1ccccc1. The summed E-state index contributed by atoms with van der Waals surface area (Å²) in [6, 6.07) is 11.3. The first-order valence-corrected chi connectivity index (χ1v) is 10.5. The average molecular weight is 428 g/mol. The number of hydrogen-bond donors (Lipinski definition) is 2. The number of carbonyl (C=O) groups is 1. The van der Waals surface area contributed by atoms with Crippen LogP contribution < -0.4 is 11.1 Å². The van der Waals surface area contributed by atoms with Crippen molar-refractivity contribution < 1.29 is 4.79 Å². The van der Waals surface area contributed by atoms with E-state index in [9.17, 15) is 4.79 Å². The molecule has 0 radical (unpaired) electrons. The van der Waals surface area contributed by atoms with Crippen molar-refractivity contribution in [2.45, 2.75) is 76.0 Å². The lowest BCUT2D eigenvalue weighted by molar-refractivity contribution is -0.130. The third kappa shape index (κ3) is 5.41. The molecule has 0 aromatic heterocycles. The quantitative estimate of drug-likeness (QED) is 0.765. The van der Waals surface area contributed by atoms with Gasteiger partial charge in [0, 0.05) is 18.6 Å². The van der Waals surface area contributed by atoms with Crippen LogP contribution in [-0.2, 0) is 11.3 Å². The van der Waals surface area contributed by atoms with Gasteiger partial charge >= 0.3 is 0 Å². The predicted molar refractivity (Wildman–Crippen MR) is 119 cm³/mol. The van der Waals surface area contributed by atoms with Gasteiger partial charge in [-0.3, -0.25) is 9.69 Å². The van der Waals surface area contributed by atoms with Crippen LogP contribution in [0.3, 0.4) is 0 Å². The molecule has 1 aromatic carbocycles. The van der Waals surface area contributed by atoms with Crippen LogP contribution in [0, 0.1) is 11.8 Å². The number of nitrogens with zero attached hydrogens (tertiary/aromatic N) is 1. The molecule has 158 valence electrons. The molecule has 2 saturated carbocycles. The molecule has 2 bridgehead atoms. The molecule has 1 heterocycles. The van der Waals surface area contributed by atoms with E-state index in [0.717, 1.165) is 38.8 Å². The van der Waals surface area contributed by atoms with Crippen molar-refractivity contribution in [3.05, 3.63) is 35.9 Å². The number of amides is 1. The minimum Gasteiger partial charge on any atom is -0.351 e. The van der Waals surface area contributed by atoms with Crippen molar-refractivity contribution in [2.75, 3.05) is 6.54 Å². The molecule has 4 nitrogen and oxygen atoms in total.